The van der Waals surface area contributed by atoms with Crippen LogP contribution >= 0.6 is 0 Å². The van der Waals surface area contributed by atoms with E-state index in [9.17, 15) is 9.90 Å². The lowest BCUT2D eigenvalue weighted by Crippen LogP contribution is -2.64. The van der Waals surface area contributed by atoms with E-state index in [0.717, 1.165) is 32.1 Å². The summed E-state index contributed by atoms with van der Waals surface area (Å²) >= 11 is 0. The third-order valence-corrected chi connectivity index (χ3v) is 13.9. The molecule has 4 bridgehead atoms. The van der Waals surface area contributed by atoms with E-state index < -0.39 is 0 Å². The van der Waals surface area contributed by atoms with Gasteiger partial charge in [-0.05, 0) is 109 Å². The van der Waals surface area contributed by atoms with Gasteiger partial charge in [-0.3, -0.25) is 4.79 Å². The van der Waals surface area contributed by atoms with E-state index in [1.807, 2.05) is 0 Å². The summed E-state index contributed by atoms with van der Waals surface area (Å²) in [6.45, 7) is 14.9. The fourth-order valence-electron chi connectivity index (χ4n) is 12.0. The highest BCUT2D eigenvalue weighted by Crippen LogP contribution is 2.82. The molecule has 0 aromatic rings. The molecule has 0 aromatic carbocycles. The average Bonchev–Trinajstić information content (AvgIpc) is 3.13. The third kappa shape index (κ3) is 2.27. The first-order chi connectivity index (χ1) is 15.3. The van der Waals surface area contributed by atoms with Crippen LogP contribution in [0.5, 0.6) is 0 Å². The summed E-state index contributed by atoms with van der Waals surface area (Å²) in [4.78, 5) is 13.4. The Bertz CT molecular complexity index is 935. The minimum Gasteiger partial charge on any atom is -0.469 e. The molecule has 6 aliphatic carbocycles. The van der Waals surface area contributed by atoms with Gasteiger partial charge in [0.25, 0.3) is 0 Å². The Kier molecular flexibility index (Phi) is 4.31. The van der Waals surface area contributed by atoms with E-state index in [1.165, 1.54) is 25.7 Å². The molecule has 10 atom stereocenters. The molecular weight excluding hydrogens is 408 g/mol. The predicted octanol–water partition coefficient (Wildman–Crippen LogP) is 6.54. The summed E-state index contributed by atoms with van der Waals surface area (Å²) in [5.74, 6) is 2.14. The molecule has 6 aliphatic rings. The normalized spacial score (nSPS) is 58.1. The van der Waals surface area contributed by atoms with Crippen LogP contribution in [0.4, 0.5) is 0 Å². The Morgan fingerprint density at radius 2 is 1.67 bits per heavy atom. The quantitative estimate of drug-likeness (QED) is 0.361. The molecule has 0 aromatic heterocycles. The maximum absolute atomic E-state index is 13.4. The van der Waals surface area contributed by atoms with Crippen LogP contribution in [-0.2, 0) is 9.53 Å². The van der Waals surface area contributed by atoms with Crippen LogP contribution < -0.4 is 0 Å². The molecule has 1 N–H and O–H groups in total. The van der Waals surface area contributed by atoms with Gasteiger partial charge in [-0.2, -0.15) is 0 Å². The van der Waals surface area contributed by atoms with Crippen molar-refractivity contribution in [2.75, 3.05) is 7.11 Å². The molecule has 5 saturated carbocycles. The minimum absolute atomic E-state index is 0.00759. The molecule has 3 heteroatoms. The highest BCUT2D eigenvalue weighted by Gasteiger charge is 2.77. The standard InChI is InChI=1S/C30H46O3/c1-25(2)20-10-13-28(5)21(27(20,4)12-11-23(25)31)9-8-18-19-16-26(3)14-15-30(19,24(32)33-7)22(26)17-29(18,28)6/h8,19-23,31H,9-17H2,1-7H3/t19-,20-,21+,22?,23-,26+,27-,28+,29+,30+/m0/s1. The van der Waals surface area contributed by atoms with Gasteiger partial charge in [0, 0.05) is 0 Å². The van der Waals surface area contributed by atoms with Gasteiger partial charge >= 0.3 is 5.97 Å². The molecule has 1 unspecified atom stereocenters. The maximum atomic E-state index is 13.4. The molecule has 5 fully saturated rings. The number of hydrogen-bond donors (Lipinski definition) is 1. The zero-order valence-corrected chi connectivity index (χ0v) is 22.1. The molecule has 0 radical (unpaired) electrons. The van der Waals surface area contributed by atoms with Gasteiger partial charge in [0.2, 0.25) is 0 Å². The van der Waals surface area contributed by atoms with Crippen LogP contribution in [0, 0.1) is 56.2 Å². The zero-order valence-electron chi connectivity index (χ0n) is 22.1. The molecule has 6 rings (SSSR count). The fourth-order valence-corrected chi connectivity index (χ4v) is 12.0. The van der Waals surface area contributed by atoms with E-state index in [-0.39, 0.29) is 44.6 Å². The second kappa shape index (κ2) is 6.29. The minimum atomic E-state index is -0.268. The lowest BCUT2D eigenvalue weighted by atomic mass is 9.34. The van der Waals surface area contributed by atoms with Crippen molar-refractivity contribution in [3.8, 4) is 0 Å². The smallest absolute Gasteiger partial charge is 0.312 e. The Morgan fingerprint density at radius 3 is 2.36 bits per heavy atom. The van der Waals surface area contributed by atoms with Crippen molar-refractivity contribution < 1.29 is 14.6 Å². The molecule has 3 nitrogen and oxygen atoms in total. The number of rotatable bonds is 1. The molecule has 0 aliphatic heterocycles. The van der Waals surface area contributed by atoms with Crippen molar-refractivity contribution in [3.05, 3.63) is 11.6 Å². The summed E-state index contributed by atoms with van der Waals surface area (Å²) in [6.07, 6.45) is 12.7. The summed E-state index contributed by atoms with van der Waals surface area (Å²) in [5, 5.41) is 10.9. The van der Waals surface area contributed by atoms with Crippen LogP contribution in [0.1, 0.15) is 99.3 Å². The predicted molar refractivity (Wildman–Crippen MR) is 130 cm³/mol. The molecule has 184 valence electrons. The van der Waals surface area contributed by atoms with Gasteiger partial charge in [-0.25, -0.2) is 0 Å². The van der Waals surface area contributed by atoms with Gasteiger partial charge in [0.1, 0.15) is 0 Å². The second-order valence-corrected chi connectivity index (χ2v) is 14.9. The van der Waals surface area contributed by atoms with Crippen molar-refractivity contribution in [3.63, 3.8) is 0 Å². The number of aliphatic hydroxyl groups excluding tert-OH is 1. The van der Waals surface area contributed by atoms with E-state index in [2.05, 4.69) is 47.6 Å². The van der Waals surface area contributed by atoms with Crippen molar-refractivity contribution in [1.29, 1.82) is 0 Å². The van der Waals surface area contributed by atoms with Crippen molar-refractivity contribution >= 4 is 5.97 Å². The van der Waals surface area contributed by atoms with Crippen LogP contribution in [0.2, 0.25) is 0 Å². The number of carbonyl (C=O) groups excluding carboxylic acids is 1. The van der Waals surface area contributed by atoms with Gasteiger partial charge in [-0.1, -0.05) is 53.2 Å². The number of aliphatic hydroxyl groups is 1. The molecule has 0 spiro atoms. The first kappa shape index (κ1) is 22.6. The molecule has 33 heavy (non-hydrogen) atoms. The summed E-state index contributed by atoms with van der Waals surface area (Å²) in [5.41, 5.74) is 2.34. The number of fused-ring (bicyclic) bond motifs is 6. The van der Waals surface area contributed by atoms with E-state index in [0.29, 0.717) is 23.7 Å². The molecule has 0 amide bonds. The first-order valence-electron chi connectivity index (χ1n) is 13.8. The van der Waals surface area contributed by atoms with Crippen LogP contribution in [0.15, 0.2) is 11.6 Å². The summed E-state index contributed by atoms with van der Waals surface area (Å²) in [6, 6.07) is 0. The van der Waals surface area contributed by atoms with Crippen molar-refractivity contribution in [1.82, 2.24) is 0 Å². The van der Waals surface area contributed by atoms with E-state index in [1.54, 1.807) is 12.7 Å². The number of hydrogen-bond acceptors (Lipinski definition) is 3. The maximum Gasteiger partial charge on any atom is 0.312 e. The number of carbonyl (C=O) groups is 1. The average molecular weight is 455 g/mol. The third-order valence-electron chi connectivity index (χ3n) is 13.9. The first-order valence-corrected chi connectivity index (χ1v) is 13.8. The number of methoxy groups -OCH3 is 1. The Balaban J connectivity index is 1.46. The molecule has 0 saturated heterocycles. The zero-order chi connectivity index (χ0) is 23.8. The van der Waals surface area contributed by atoms with Gasteiger partial charge in [-0.15, -0.1) is 0 Å². The lowest BCUT2D eigenvalue weighted by molar-refractivity contribution is -0.204. The second-order valence-electron chi connectivity index (χ2n) is 14.9. The number of ether oxygens (including phenoxy) is 1. The Hall–Kier alpha value is -0.830. The van der Waals surface area contributed by atoms with Crippen LogP contribution in [-0.4, -0.2) is 24.3 Å². The van der Waals surface area contributed by atoms with Gasteiger partial charge in [0.05, 0.1) is 18.6 Å². The molecular formula is C30H46O3. The van der Waals surface area contributed by atoms with Gasteiger partial charge < -0.3 is 9.84 Å². The van der Waals surface area contributed by atoms with Crippen molar-refractivity contribution in [2.24, 2.45) is 56.2 Å². The van der Waals surface area contributed by atoms with Crippen LogP contribution in [0.3, 0.4) is 0 Å². The highest BCUT2D eigenvalue weighted by molar-refractivity contribution is 5.80. The lowest BCUT2D eigenvalue weighted by Gasteiger charge is -2.70. The summed E-state index contributed by atoms with van der Waals surface area (Å²) in [7, 11) is 1.61. The van der Waals surface area contributed by atoms with Crippen molar-refractivity contribution in [2.45, 2.75) is 105 Å². The topological polar surface area (TPSA) is 46.5 Å². The molecule has 0 heterocycles. The monoisotopic (exact) mass is 454 g/mol. The number of esters is 1. The Morgan fingerprint density at radius 1 is 0.939 bits per heavy atom. The van der Waals surface area contributed by atoms with E-state index >= 15 is 0 Å². The SMILES string of the molecule is COC(=O)[C@]12CC[C@]3(C)C[C@H]1C1=CC[C@@H]4[C@@]5(C)CC[C@H](O)C(C)(C)[C@@H]5CC[C@@]4(C)[C@]1(C)CC32. The summed E-state index contributed by atoms with van der Waals surface area (Å²) < 4.78 is 5.51. The fraction of sp³-hybridized carbons (Fsp3) is 0.900. The highest BCUT2D eigenvalue weighted by atomic mass is 16.5. The largest absolute Gasteiger partial charge is 0.469 e. The van der Waals surface area contributed by atoms with Gasteiger partial charge in [0.15, 0.2) is 0 Å². The Labute approximate surface area is 201 Å². The number of allylic oxidation sites excluding steroid dienone is 2. The van der Waals surface area contributed by atoms with E-state index in [4.69, 9.17) is 4.74 Å². The van der Waals surface area contributed by atoms with Crippen LogP contribution in [0.25, 0.3) is 0 Å².